The Bertz CT molecular complexity index is 1510. The van der Waals surface area contributed by atoms with Crippen LogP contribution in [0.4, 0.5) is 0 Å². The highest BCUT2D eigenvalue weighted by Gasteiger charge is 2.40. The van der Waals surface area contributed by atoms with Gasteiger partial charge < -0.3 is 28.8 Å². The van der Waals surface area contributed by atoms with Crippen molar-refractivity contribution >= 4 is 22.1 Å². The van der Waals surface area contributed by atoms with E-state index in [9.17, 15) is 4.79 Å². The first-order valence-corrected chi connectivity index (χ1v) is 28.0. The summed E-state index contributed by atoms with van der Waals surface area (Å²) < 4.78 is 16.4. The zero-order valence-corrected chi connectivity index (χ0v) is 36.9. The number of rotatable bonds is 21. The molecule has 0 unspecified atom stereocenters. The second-order valence-corrected chi connectivity index (χ2v) is 30.4. The van der Waals surface area contributed by atoms with Crippen LogP contribution in [0.15, 0.2) is 49.1 Å². The molecule has 2 aliphatic heterocycles. The fourth-order valence-electron chi connectivity index (χ4n) is 7.77. The molecule has 10 nitrogen and oxygen atoms in total. The molecule has 2 aromatic heterocycles. The van der Waals surface area contributed by atoms with Gasteiger partial charge >= 0.3 is 0 Å². The van der Waals surface area contributed by atoms with E-state index in [1.807, 2.05) is 36.9 Å². The molecule has 0 radical (unpaired) electrons. The van der Waals surface area contributed by atoms with Crippen LogP contribution in [0.3, 0.4) is 0 Å². The summed E-state index contributed by atoms with van der Waals surface area (Å²) in [6.07, 6.45) is 13.0. The lowest BCUT2D eigenvalue weighted by Crippen LogP contribution is -2.42. The number of hydrogen-bond acceptors (Lipinski definition) is 7. The first kappa shape index (κ1) is 42.5. The highest BCUT2D eigenvalue weighted by Crippen LogP contribution is 2.41. The number of carbonyl (C=O) groups excluding carboxylic acids is 1. The Labute approximate surface area is 328 Å². The molecule has 300 valence electrons. The monoisotopic (exact) mass is 778 g/mol. The van der Waals surface area contributed by atoms with Crippen molar-refractivity contribution in [2.45, 2.75) is 117 Å². The normalized spacial score (nSPS) is 17.0. The van der Waals surface area contributed by atoms with E-state index in [1.54, 1.807) is 0 Å². The van der Waals surface area contributed by atoms with Crippen LogP contribution in [0, 0.1) is 17.3 Å². The molecule has 54 heavy (non-hydrogen) atoms. The molecule has 1 N–H and O–H groups in total. The summed E-state index contributed by atoms with van der Waals surface area (Å²) in [7, 11) is -2.34. The molecule has 12 heteroatoms. The third-order valence-corrected chi connectivity index (χ3v) is 14.6. The lowest BCUT2D eigenvalue weighted by Gasteiger charge is -2.40. The Morgan fingerprint density at radius 3 is 1.81 bits per heavy atom. The molecule has 0 atom stereocenters. The maximum absolute atomic E-state index is 13.5. The Kier molecular flexibility index (Phi) is 15.4. The fourth-order valence-corrected chi connectivity index (χ4v) is 9.28. The topological polar surface area (TPSA) is 89.7 Å². The van der Waals surface area contributed by atoms with Crippen molar-refractivity contribution in [3.8, 4) is 0 Å². The fraction of sp³-hybridized carbons (Fsp3) is 0.690. The van der Waals surface area contributed by atoms with Crippen LogP contribution in [0.2, 0.25) is 51.4 Å². The third kappa shape index (κ3) is 13.8. The van der Waals surface area contributed by atoms with Crippen LogP contribution in [0.1, 0.15) is 60.7 Å². The quantitative estimate of drug-likeness (QED) is 0.0887. The van der Waals surface area contributed by atoms with Gasteiger partial charge in [-0.3, -0.25) is 9.69 Å². The highest BCUT2D eigenvalue weighted by molar-refractivity contribution is 6.76. The van der Waals surface area contributed by atoms with Gasteiger partial charge in [0.05, 0.1) is 0 Å². The van der Waals surface area contributed by atoms with Crippen LogP contribution >= 0.6 is 0 Å². The van der Waals surface area contributed by atoms with Crippen molar-refractivity contribution in [3.63, 3.8) is 0 Å². The molecule has 2 saturated heterocycles. The molecule has 0 saturated carbocycles. The summed E-state index contributed by atoms with van der Waals surface area (Å²) in [4.78, 5) is 28.3. The minimum Gasteiger partial charge on any atom is -0.361 e. The number of aromatic nitrogens is 4. The standard InChI is InChI=1S/C42H71N7O3Si2/c1-35(2)30-46-18-13-42(14-19-46)15-20-47(32-42)31-36-9-11-38(12-10-36)41(50)45-29-37(27-39-43-16-21-48(39)33-51-23-25-53(3,4)5)28-40-44-17-22-49(40)34-52-24-26-54(6,7)8/h9-12,16-17,21-22,35,37H,13-15,18-20,23-34H2,1-8H3,(H,45,50). The van der Waals surface area contributed by atoms with Gasteiger partial charge in [0.15, 0.2) is 0 Å². The minimum absolute atomic E-state index is 0.0455. The molecule has 2 fully saturated rings. The van der Waals surface area contributed by atoms with Gasteiger partial charge in [0.2, 0.25) is 0 Å². The second kappa shape index (κ2) is 19.5. The molecule has 0 aliphatic carbocycles. The van der Waals surface area contributed by atoms with E-state index < -0.39 is 16.1 Å². The van der Waals surface area contributed by atoms with Crippen molar-refractivity contribution in [3.05, 3.63) is 71.8 Å². The zero-order chi connectivity index (χ0) is 38.8. The van der Waals surface area contributed by atoms with Crippen molar-refractivity contribution in [1.29, 1.82) is 0 Å². The highest BCUT2D eigenvalue weighted by atomic mass is 28.3. The van der Waals surface area contributed by atoms with Crippen molar-refractivity contribution in [2.24, 2.45) is 17.3 Å². The van der Waals surface area contributed by atoms with Gasteiger partial charge in [0.25, 0.3) is 5.91 Å². The number of nitrogens with zero attached hydrogens (tertiary/aromatic N) is 6. The summed E-state index contributed by atoms with van der Waals surface area (Å²) in [5, 5.41) is 3.27. The van der Waals surface area contributed by atoms with Gasteiger partial charge in [0.1, 0.15) is 25.1 Å². The summed E-state index contributed by atoms with van der Waals surface area (Å²) in [6, 6.07) is 10.5. The minimum atomic E-state index is -1.17. The Morgan fingerprint density at radius 2 is 1.31 bits per heavy atom. The van der Waals surface area contributed by atoms with Gasteiger partial charge in [0, 0.05) is 98.7 Å². The van der Waals surface area contributed by atoms with Crippen molar-refractivity contribution < 1.29 is 14.3 Å². The molecule has 1 aromatic carbocycles. The van der Waals surface area contributed by atoms with E-state index in [4.69, 9.17) is 19.4 Å². The van der Waals surface area contributed by atoms with Crippen LogP contribution < -0.4 is 5.32 Å². The van der Waals surface area contributed by atoms with E-state index >= 15 is 0 Å². The van der Waals surface area contributed by atoms with Crippen LogP contribution in [-0.4, -0.2) is 103 Å². The molecule has 0 bridgehead atoms. The van der Waals surface area contributed by atoms with Gasteiger partial charge in [-0.05, 0) is 85.9 Å². The van der Waals surface area contributed by atoms with E-state index in [-0.39, 0.29) is 11.8 Å². The molecular weight excluding hydrogens is 707 g/mol. The molecule has 2 aliphatic rings. The molecule has 5 rings (SSSR count). The number of likely N-dealkylation sites (tertiary alicyclic amines) is 2. The number of hydrogen-bond donors (Lipinski definition) is 1. The predicted octanol–water partition coefficient (Wildman–Crippen LogP) is 7.48. The third-order valence-electron chi connectivity index (χ3n) is 11.2. The maximum atomic E-state index is 13.5. The van der Waals surface area contributed by atoms with Crippen LogP contribution in [-0.2, 0) is 42.3 Å². The van der Waals surface area contributed by atoms with Gasteiger partial charge in [-0.15, -0.1) is 0 Å². The maximum Gasteiger partial charge on any atom is 0.251 e. The van der Waals surface area contributed by atoms with Crippen molar-refractivity contribution in [2.75, 3.05) is 52.5 Å². The average Bonchev–Trinajstić information content (AvgIpc) is 3.85. The smallest absolute Gasteiger partial charge is 0.251 e. The van der Waals surface area contributed by atoms with Crippen LogP contribution in [0.25, 0.3) is 0 Å². The summed E-state index contributed by atoms with van der Waals surface area (Å²) in [6.45, 7) is 28.9. The number of piperidine rings is 1. The van der Waals surface area contributed by atoms with Gasteiger partial charge in [-0.2, -0.15) is 0 Å². The Morgan fingerprint density at radius 1 is 0.796 bits per heavy atom. The van der Waals surface area contributed by atoms with Crippen molar-refractivity contribution in [1.82, 2.24) is 34.2 Å². The number of imidazole rings is 2. The average molecular weight is 778 g/mol. The molecule has 1 amide bonds. The lowest BCUT2D eigenvalue weighted by molar-refractivity contribution is 0.0832. The predicted molar refractivity (Wildman–Crippen MR) is 225 cm³/mol. The van der Waals surface area contributed by atoms with Gasteiger partial charge in [-0.25, -0.2) is 9.97 Å². The Hall–Kier alpha value is -2.62. The SMILES string of the molecule is CC(C)CN1CCC2(CC1)CCN(Cc1ccc(C(=O)NCC(Cc3nccn3COCC[Si](C)(C)C)Cc3nccn3COCC[Si](C)(C)C)cc1)C2. The van der Waals surface area contributed by atoms with E-state index in [1.165, 1.54) is 57.5 Å². The zero-order valence-electron chi connectivity index (χ0n) is 34.9. The molecule has 4 heterocycles. The largest absolute Gasteiger partial charge is 0.361 e. The van der Waals surface area contributed by atoms with Crippen LogP contribution in [0.5, 0.6) is 0 Å². The molecule has 3 aromatic rings. The molecule has 1 spiro atoms. The summed E-state index contributed by atoms with van der Waals surface area (Å²) >= 11 is 0. The number of ether oxygens (including phenoxy) is 2. The van der Waals surface area contributed by atoms with E-state index in [0.717, 1.165) is 49.4 Å². The number of nitrogens with one attached hydrogen (secondary N) is 1. The molecular formula is C42H71N7O3Si2. The summed E-state index contributed by atoms with van der Waals surface area (Å²) in [5.41, 5.74) is 2.46. The number of carbonyl (C=O) groups is 1. The Balaban J connectivity index is 1.16. The number of amides is 1. The first-order valence-electron chi connectivity index (χ1n) is 20.6. The first-order chi connectivity index (χ1) is 25.7. The van der Waals surface area contributed by atoms with E-state index in [0.29, 0.717) is 43.8 Å². The second-order valence-electron chi connectivity index (χ2n) is 19.2. The lowest BCUT2D eigenvalue weighted by atomic mass is 9.77. The van der Waals surface area contributed by atoms with E-state index in [2.05, 4.69) is 89.5 Å². The van der Waals surface area contributed by atoms with Gasteiger partial charge in [-0.1, -0.05) is 65.3 Å². The summed E-state index contributed by atoms with van der Waals surface area (Å²) in [5.74, 6) is 2.69. The number of benzene rings is 1.